The molecule has 0 saturated heterocycles. The number of hydrogen-bond donors (Lipinski definition) is 2. The molecule has 5 rings (SSSR count). The highest BCUT2D eigenvalue weighted by atomic mass is 16.5. The van der Waals surface area contributed by atoms with Crippen LogP contribution in [-0.2, 0) is 11.3 Å². The zero-order chi connectivity index (χ0) is 22.4. The first kappa shape index (κ1) is 20.0. The minimum atomic E-state index is -0.713. The number of methoxy groups -OCH3 is 2. The van der Waals surface area contributed by atoms with Crippen molar-refractivity contribution in [1.82, 2.24) is 9.55 Å². The number of carbonyl (C=O) groups excluding carboxylic acids is 1. The number of aromatic nitrogens is 2. The van der Waals surface area contributed by atoms with E-state index in [2.05, 4.69) is 10.3 Å². The number of nitrogens with zero attached hydrogens (tertiary/aromatic N) is 1. The number of H-pyrrole nitrogens is 1. The van der Waals surface area contributed by atoms with Gasteiger partial charge in [-0.05, 0) is 6.07 Å². The summed E-state index contributed by atoms with van der Waals surface area (Å²) >= 11 is 0. The molecule has 2 N–H and O–H groups in total. The smallest absolute Gasteiger partial charge is 0.330 e. The number of aromatic amines is 1. The number of rotatable bonds is 5. The van der Waals surface area contributed by atoms with Gasteiger partial charge in [0, 0.05) is 29.4 Å². The van der Waals surface area contributed by atoms with Gasteiger partial charge in [-0.25, -0.2) is 4.79 Å². The van der Waals surface area contributed by atoms with Crippen molar-refractivity contribution in [2.24, 2.45) is 0 Å². The van der Waals surface area contributed by atoms with Crippen molar-refractivity contribution in [3.05, 3.63) is 97.2 Å². The number of hydrogen-bond acceptors (Lipinski definition) is 6. The van der Waals surface area contributed by atoms with Gasteiger partial charge in [-0.3, -0.25) is 19.1 Å². The molecule has 0 radical (unpaired) electrons. The third kappa shape index (κ3) is 2.84. The second kappa shape index (κ2) is 7.65. The Hall–Kier alpha value is -3.91. The summed E-state index contributed by atoms with van der Waals surface area (Å²) in [6.07, 6.45) is 0. The average molecular weight is 431 g/mol. The number of Topliss-reactive ketones (excluding diaryl/α,β-unsaturated/α-hetero) is 1. The fourth-order valence-electron chi connectivity index (χ4n) is 4.58. The molecule has 32 heavy (non-hydrogen) atoms. The van der Waals surface area contributed by atoms with Crippen molar-refractivity contribution in [2.75, 3.05) is 26.1 Å². The molecule has 162 valence electrons. The van der Waals surface area contributed by atoms with Gasteiger partial charge in [0.1, 0.15) is 11.6 Å². The topological polar surface area (TPSA) is 102 Å². The van der Waals surface area contributed by atoms with Crippen molar-refractivity contribution < 1.29 is 14.3 Å². The molecule has 1 aliphatic heterocycles. The molecule has 0 spiro atoms. The van der Waals surface area contributed by atoms with Crippen molar-refractivity contribution >= 4 is 17.3 Å². The molecule has 0 bridgehead atoms. The van der Waals surface area contributed by atoms with E-state index in [1.807, 2.05) is 36.4 Å². The quantitative estimate of drug-likeness (QED) is 0.643. The number of allylic oxidation sites excluding steroid dienone is 1. The van der Waals surface area contributed by atoms with E-state index in [1.54, 1.807) is 26.4 Å². The van der Waals surface area contributed by atoms with Crippen LogP contribution in [0.15, 0.2) is 63.7 Å². The number of anilines is 1. The molecule has 8 nitrogen and oxygen atoms in total. The molecule has 0 amide bonds. The number of ether oxygens (including phenoxy) is 2. The van der Waals surface area contributed by atoms with Crippen LogP contribution in [0.2, 0.25) is 0 Å². The Balaban J connectivity index is 1.85. The standard InChI is InChI=1S/C24H21N3O5/c1-31-12-11-27-22-19(23(29)26-24(27)30)17(15-9-5-6-10-16(15)32-2)18-20(25-22)13-7-3-4-8-14(13)21(18)28/h3-10,17,25H,11-12H2,1-2H3,(H,26,29,30). The first-order chi connectivity index (χ1) is 15.6. The highest BCUT2D eigenvalue weighted by Gasteiger charge is 2.43. The SMILES string of the molecule is COCCn1c2c(c(=O)[nH]c1=O)C(c1ccccc1OC)C1=C(N2)c2ccccc2C1=O. The van der Waals surface area contributed by atoms with Gasteiger partial charge < -0.3 is 14.8 Å². The fraction of sp³-hybridized carbons (Fsp3) is 0.208. The summed E-state index contributed by atoms with van der Waals surface area (Å²) in [6, 6.07) is 14.6. The van der Waals surface area contributed by atoms with Crippen LogP contribution in [0.4, 0.5) is 5.82 Å². The van der Waals surface area contributed by atoms with E-state index in [-0.39, 0.29) is 18.9 Å². The molecule has 2 heterocycles. The number of ketones is 1. The lowest BCUT2D eigenvalue weighted by Gasteiger charge is -2.30. The zero-order valence-corrected chi connectivity index (χ0v) is 17.6. The van der Waals surface area contributed by atoms with Gasteiger partial charge in [-0.15, -0.1) is 0 Å². The Kier molecular flexibility index (Phi) is 4.79. The van der Waals surface area contributed by atoms with E-state index >= 15 is 0 Å². The van der Waals surface area contributed by atoms with Crippen LogP contribution in [0.3, 0.4) is 0 Å². The molecule has 2 aromatic carbocycles. The van der Waals surface area contributed by atoms with Crippen molar-refractivity contribution in [1.29, 1.82) is 0 Å². The third-order valence-corrected chi connectivity index (χ3v) is 5.98. The van der Waals surface area contributed by atoms with Crippen LogP contribution in [-0.4, -0.2) is 36.2 Å². The summed E-state index contributed by atoms with van der Waals surface area (Å²) in [6.45, 7) is 0.513. The van der Waals surface area contributed by atoms with E-state index in [4.69, 9.17) is 9.47 Å². The lowest BCUT2D eigenvalue weighted by Crippen LogP contribution is -2.39. The lowest BCUT2D eigenvalue weighted by atomic mass is 9.81. The molecule has 1 unspecified atom stereocenters. The summed E-state index contributed by atoms with van der Waals surface area (Å²) in [4.78, 5) is 41.8. The van der Waals surface area contributed by atoms with Crippen LogP contribution >= 0.6 is 0 Å². The molecular weight excluding hydrogens is 410 g/mol. The first-order valence-electron chi connectivity index (χ1n) is 10.2. The van der Waals surface area contributed by atoms with Gasteiger partial charge in [0.15, 0.2) is 5.78 Å². The van der Waals surface area contributed by atoms with E-state index in [0.717, 1.165) is 5.56 Å². The Morgan fingerprint density at radius 1 is 0.969 bits per heavy atom. The van der Waals surface area contributed by atoms with Crippen molar-refractivity contribution in [2.45, 2.75) is 12.5 Å². The maximum absolute atomic E-state index is 13.5. The van der Waals surface area contributed by atoms with Crippen LogP contribution in [0.25, 0.3) is 5.70 Å². The monoisotopic (exact) mass is 431 g/mol. The summed E-state index contributed by atoms with van der Waals surface area (Å²) in [5, 5.41) is 3.25. The van der Waals surface area contributed by atoms with E-state index < -0.39 is 17.2 Å². The third-order valence-electron chi connectivity index (χ3n) is 5.98. The Morgan fingerprint density at radius 2 is 1.69 bits per heavy atom. The number of fused-ring (bicyclic) bond motifs is 3. The van der Waals surface area contributed by atoms with Crippen LogP contribution in [0.1, 0.15) is 33.0 Å². The van der Waals surface area contributed by atoms with E-state index in [0.29, 0.717) is 39.5 Å². The predicted octanol–water partition coefficient (Wildman–Crippen LogP) is 2.36. The second-order valence-corrected chi connectivity index (χ2v) is 7.63. The molecular formula is C24H21N3O5. The molecule has 3 aromatic rings. The molecule has 1 atom stereocenters. The number of para-hydroxylation sites is 1. The number of benzene rings is 2. The predicted molar refractivity (Wildman–Crippen MR) is 119 cm³/mol. The Labute approximate surface area is 183 Å². The lowest BCUT2D eigenvalue weighted by molar-refractivity contribution is 0.103. The Morgan fingerprint density at radius 3 is 2.44 bits per heavy atom. The second-order valence-electron chi connectivity index (χ2n) is 7.63. The summed E-state index contributed by atoms with van der Waals surface area (Å²) in [7, 11) is 3.09. The van der Waals surface area contributed by atoms with Gasteiger partial charge in [0.25, 0.3) is 5.56 Å². The molecule has 0 saturated carbocycles. The largest absolute Gasteiger partial charge is 0.496 e. The van der Waals surface area contributed by atoms with Crippen molar-refractivity contribution in [3.8, 4) is 5.75 Å². The zero-order valence-electron chi connectivity index (χ0n) is 17.6. The Bertz CT molecular complexity index is 1400. The van der Waals surface area contributed by atoms with Crippen LogP contribution < -0.4 is 21.3 Å². The minimum absolute atomic E-state index is 0.154. The summed E-state index contributed by atoms with van der Waals surface area (Å²) < 4.78 is 12.2. The average Bonchev–Trinajstić information content (AvgIpc) is 3.09. The first-order valence-corrected chi connectivity index (χ1v) is 10.2. The molecule has 2 aliphatic rings. The molecule has 1 aliphatic carbocycles. The number of carbonyl (C=O) groups is 1. The van der Waals surface area contributed by atoms with Crippen molar-refractivity contribution in [3.63, 3.8) is 0 Å². The van der Waals surface area contributed by atoms with Gasteiger partial charge in [0.05, 0.1) is 37.4 Å². The van der Waals surface area contributed by atoms with Gasteiger partial charge in [-0.1, -0.05) is 42.5 Å². The van der Waals surface area contributed by atoms with Crippen LogP contribution in [0.5, 0.6) is 5.75 Å². The molecule has 1 aromatic heterocycles. The molecule has 8 heteroatoms. The van der Waals surface area contributed by atoms with Gasteiger partial charge >= 0.3 is 5.69 Å². The highest BCUT2D eigenvalue weighted by molar-refractivity contribution is 6.23. The minimum Gasteiger partial charge on any atom is -0.496 e. The van der Waals surface area contributed by atoms with Crippen LogP contribution in [0, 0.1) is 0 Å². The van der Waals surface area contributed by atoms with Gasteiger partial charge in [-0.2, -0.15) is 0 Å². The normalized spacial score (nSPS) is 16.3. The maximum Gasteiger partial charge on any atom is 0.330 e. The summed E-state index contributed by atoms with van der Waals surface area (Å²) in [5.74, 6) is 0.0408. The van der Waals surface area contributed by atoms with Gasteiger partial charge in [0.2, 0.25) is 0 Å². The summed E-state index contributed by atoms with van der Waals surface area (Å²) in [5.41, 5.74) is 2.25. The molecule has 0 fully saturated rings. The number of nitrogens with one attached hydrogen (secondary N) is 2. The van der Waals surface area contributed by atoms with E-state index in [9.17, 15) is 14.4 Å². The fourth-order valence-corrected chi connectivity index (χ4v) is 4.58. The van der Waals surface area contributed by atoms with E-state index in [1.165, 1.54) is 4.57 Å². The maximum atomic E-state index is 13.5. The highest BCUT2D eigenvalue weighted by Crippen LogP contribution is 2.49.